The van der Waals surface area contributed by atoms with E-state index in [2.05, 4.69) is 36.4 Å². The van der Waals surface area contributed by atoms with E-state index in [4.69, 9.17) is 4.74 Å². The molecule has 1 aromatic rings. The Morgan fingerprint density at radius 1 is 1.53 bits per heavy atom. The van der Waals surface area contributed by atoms with E-state index in [0.29, 0.717) is 0 Å². The molecule has 96 valence electrons. The van der Waals surface area contributed by atoms with Gasteiger partial charge in [-0.1, -0.05) is 6.08 Å². The van der Waals surface area contributed by atoms with Gasteiger partial charge in [-0.05, 0) is 38.5 Å². The average Bonchev–Trinajstić information content (AvgIpc) is 2.81. The van der Waals surface area contributed by atoms with Gasteiger partial charge in [0.05, 0.1) is 12.3 Å². The van der Waals surface area contributed by atoms with Crippen molar-refractivity contribution in [2.24, 2.45) is 0 Å². The molecule has 0 radical (unpaired) electrons. The number of methoxy groups -OCH3 is 1. The van der Waals surface area contributed by atoms with Gasteiger partial charge in [0.15, 0.2) is 0 Å². The Bertz CT molecular complexity index is 344. The molecule has 0 spiro atoms. The van der Waals surface area contributed by atoms with Gasteiger partial charge in [0.1, 0.15) is 0 Å². The quantitative estimate of drug-likeness (QED) is 0.702. The van der Waals surface area contributed by atoms with Gasteiger partial charge in [0.2, 0.25) is 0 Å². The van der Waals surface area contributed by atoms with Gasteiger partial charge in [0, 0.05) is 26.4 Å². The van der Waals surface area contributed by atoms with Crippen LogP contribution in [-0.4, -0.2) is 36.6 Å². The van der Waals surface area contributed by atoms with Gasteiger partial charge >= 0.3 is 0 Å². The van der Waals surface area contributed by atoms with Crippen molar-refractivity contribution in [3.63, 3.8) is 0 Å². The summed E-state index contributed by atoms with van der Waals surface area (Å²) in [6.07, 6.45) is 5.14. The van der Waals surface area contributed by atoms with Gasteiger partial charge in [0.25, 0.3) is 0 Å². The normalized spacial score (nSPS) is 12.1. The summed E-state index contributed by atoms with van der Waals surface area (Å²) in [4.78, 5) is 0. The Hall–Kier alpha value is -1.13. The molecule has 0 unspecified atom stereocenters. The molecule has 0 saturated carbocycles. The Morgan fingerprint density at radius 2 is 2.35 bits per heavy atom. The Labute approximate surface area is 104 Å². The van der Waals surface area contributed by atoms with Crippen molar-refractivity contribution in [3.05, 3.63) is 24.0 Å². The molecule has 4 heteroatoms. The van der Waals surface area contributed by atoms with E-state index in [9.17, 15) is 0 Å². The molecule has 0 atom stereocenters. The highest BCUT2D eigenvalue weighted by Gasteiger charge is 2.01. The summed E-state index contributed by atoms with van der Waals surface area (Å²) >= 11 is 0. The summed E-state index contributed by atoms with van der Waals surface area (Å²) < 4.78 is 6.99. The number of hydrogen-bond acceptors (Lipinski definition) is 3. The molecule has 0 bridgehead atoms. The maximum atomic E-state index is 4.97. The van der Waals surface area contributed by atoms with Crippen molar-refractivity contribution in [2.75, 3.05) is 26.8 Å². The zero-order chi connectivity index (χ0) is 12.5. The maximum Gasteiger partial charge on any atom is 0.0635 e. The van der Waals surface area contributed by atoms with Crippen LogP contribution in [0.25, 0.3) is 5.57 Å². The lowest BCUT2D eigenvalue weighted by molar-refractivity contribution is 0.199. The monoisotopic (exact) mass is 237 g/mol. The lowest BCUT2D eigenvalue weighted by Gasteiger charge is -2.05. The van der Waals surface area contributed by atoms with Gasteiger partial charge in [-0.2, -0.15) is 5.10 Å². The molecular formula is C13H23N3O. The van der Waals surface area contributed by atoms with Crippen LogP contribution in [-0.2, 0) is 11.3 Å². The second-order valence-corrected chi connectivity index (χ2v) is 3.95. The maximum absolute atomic E-state index is 4.97. The fourth-order valence-corrected chi connectivity index (χ4v) is 1.71. The fraction of sp³-hybridized carbons (Fsp3) is 0.615. The molecule has 1 rings (SSSR count). The van der Waals surface area contributed by atoms with Crippen LogP contribution in [0.4, 0.5) is 0 Å². The van der Waals surface area contributed by atoms with Crippen molar-refractivity contribution >= 4 is 5.57 Å². The van der Waals surface area contributed by atoms with E-state index in [1.807, 2.05) is 10.9 Å². The summed E-state index contributed by atoms with van der Waals surface area (Å²) in [5, 5.41) is 7.59. The molecule has 1 aromatic heterocycles. The van der Waals surface area contributed by atoms with Crippen LogP contribution in [0.5, 0.6) is 0 Å². The summed E-state index contributed by atoms with van der Waals surface area (Å²) in [5.41, 5.74) is 2.50. The van der Waals surface area contributed by atoms with Crippen LogP contribution in [0.3, 0.4) is 0 Å². The van der Waals surface area contributed by atoms with Crippen molar-refractivity contribution in [1.29, 1.82) is 0 Å². The highest BCUT2D eigenvalue weighted by atomic mass is 16.5. The van der Waals surface area contributed by atoms with Crippen LogP contribution in [0.1, 0.15) is 26.0 Å². The van der Waals surface area contributed by atoms with Crippen LogP contribution in [0.2, 0.25) is 0 Å². The molecular weight excluding hydrogens is 214 g/mol. The third-order valence-electron chi connectivity index (χ3n) is 2.67. The summed E-state index contributed by atoms with van der Waals surface area (Å²) in [5.74, 6) is 0. The summed E-state index contributed by atoms with van der Waals surface area (Å²) in [6, 6.07) is 2.06. The van der Waals surface area contributed by atoms with E-state index in [1.165, 1.54) is 11.3 Å². The molecule has 4 nitrogen and oxygen atoms in total. The molecule has 0 fully saturated rings. The Balaban J connectivity index is 2.34. The predicted octanol–water partition coefficient (Wildman–Crippen LogP) is 1.93. The standard InChI is InChI=1S/C13H23N3O/c1-4-16-13(7-9-15-16)12(2)6-5-8-14-10-11-17-3/h6-7,9,14H,4-5,8,10-11H2,1-3H3. The van der Waals surface area contributed by atoms with Gasteiger partial charge in [-0.25, -0.2) is 0 Å². The molecule has 0 aromatic carbocycles. The average molecular weight is 237 g/mol. The molecule has 1 heterocycles. The van der Waals surface area contributed by atoms with Crippen molar-refractivity contribution < 1.29 is 4.74 Å². The number of ether oxygens (including phenoxy) is 1. The fourth-order valence-electron chi connectivity index (χ4n) is 1.71. The SMILES string of the molecule is CCn1nccc1C(C)=CCCNCCOC. The molecule has 0 aliphatic rings. The number of allylic oxidation sites excluding steroid dienone is 1. The second-order valence-electron chi connectivity index (χ2n) is 3.95. The smallest absolute Gasteiger partial charge is 0.0635 e. The number of nitrogens with zero attached hydrogens (tertiary/aromatic N) is 2. The third-order valence-corrected chi connectivity index (χ3v) is 2.67. The first-order chi connectivity index (χ1) is 8.29. The summed E-state index contributed by atoms with van der Waals surface area (Å²) in [7, 11) is 1.72. The zero-order valence-corrected chi connectivity index (χ0v) is 11.1. The molecule has 17 heavy (non-hydrogen) atoms. The van der Waals surface area contributed by atoms with E-state index >= 15 is 0 Å². The largest absolute Gasteiger partial charge is 0.383 e. The molecule has 0 aliphatic heterocycles. The topological polar surface area (TPSA) is 39.1 Å². The van der Waals surface area contributed by atoms with Crippen LogP contribution < -0.4 is 5.32 Å². The Morgan fingerprint density at radius 3 is 3.06 bits per heavy atom. The van der Waals surface area contributed by atoms with Crippen molar-refractivity contribution in [1.82, 2.24) is 15.1 Å². The van der Waals surface area contributed by atoms with Gasteiger partial charge < -0.3 is 10.1 Å². The predicted molar refractivity (Wildman–Crippen MR) is 70.9 cm³/mol. The lowest BCUT2D eigenvalue weighted by atomic mass is 10.2. The minimum Gasteiger partial charge on any atom is -0.383 e. The van der Waals surface area contributed by atoms with E-state index in [1.54, 1.807) is 7.11 Å². The third kappa shape index (κ3) is 4.71. The molecule has 0 saturated heterocycles. The lowest BCUT2D eigenvalue weighted by Crippen LogP contribution is -2.19. The molecule has 0 aliphatic carbocycles. The Kier molecular flexibility index (Phi) is 6.58. The van der Waals surface area contributed by atoms with E-state index < -0.39 is 0 Å². The van der Waals surface area contributed by atoms with Crippen LogP contribution >= 0.6 is 0 Å². The first-order valence-corrected chi connectivity index (χ1v) is 6.18. The molecule has 1 N–H and O–H groups in total. The number of aryl methyl sites for hydroxylation is 1. The zero-order valence-electron chi connectivity index (χ0n) is 11.1. The number of nitrogens with one attached hydrogen (secondary N) is 1. The minimum atomic E-state index is 0.769. The van der Waals surface area contributed by atoms with Crippen molar-refractivity contribution in [3.8, 4) is 0 Å². The summed E-state index contributed by atoms with van der Waals surface area (Å²) in [6.45, 7) is 7.83. The van der Waals surface area contributed by atoms with Crippen molar-refractivity contribution in [2.45, 2.75) is 26.8 Å². The van der Waals surface area contributed by atoms with Crippen LogP contribution in [0.15, 0.2) is 18.3 Å². The first kappa shape index (κ1) is 13.9. The molecule has 0 amide bonds. The first-order valence-electron chi connectivity index (χ1n) is 6.18. The number of rotatable bonds is 8. The highest BCUT2D eigenvalue weighted by Crippen LogP contribution is 2.13. The van der Waals surface area contributed by atoms with Gasteiger partial charge in [-0.15, -0.1) is 0 Å². The van der Waals surface area contributed by atoms with Gasteiger partial charge in [-0.3, -0.25) is 4.68 Å². The second kappa shape index (κ2) is 8.03. The van der Waals surface area contributed by atoms with E-state index in [-0.39, 0.29) is 0 Å². The van der Waals surface area contributed by atoms with Crippen LogP contribution in [0, 0.1) is 0 Å². The number of hydrogen-bond donors (Lipinski definition) is 1. The number of aromatic nitrogens is 2. The minimum absolute atomic E-state index is 0.769. The highest BCUT2D eigenvalue weighted by molar-refractivity contribution is 5.60. The van der Waals surface area contributed by atoms with E-state index in [0.717, 1.165) is 32.7 Å².